The molecule has 1 unspecified atom stereocenters. The van der Waals surface area contributed by atoms with Crippen molar-refractivity contribution in [2.75, 3.05) is 23.1 Å². The molecule has 196 valence electrons. The van der Waals surface area contributed by atoms with Crippen LogP contribution in [0.2, 0.25) is 0 Å². The second kappa shape index (κ2) is 10.6. The number of nitrogens with two attached hydrogens (primary N) is 2. The van der Waals surface area contributed by atoms with Gasteiger partial charge in [0.1, 0.15) is 22.8 Å². The number of tetrazole rings is 1. The molecule has 1 fully saturated rings. The summed E-state index contributed by atoms with van der Waals surface area (Å²) in [5, 5.41) is 36.7. The van der Waals surface area contributed by atoms with Gasteiger partial charge in [-0.2, -0.15) is 0 Å². The van der Waals surface area contributed by atoms with Crippen molar-refractivity contribution in [3.63, 3.8) is 0 Å². The van der Waals surface area contributed by atoms with Crippen LogP contribution in [0.15, 0.2) is 27.0 Å². The smallest absolute Gasteiger partial charge is 0.352 e. The highest BCUT2D eigenvalue weighted by atomic mass is 32.2. The zero-order valence-corrected chi connectivity index (χ0v) is 21.1. The predicted octanol–water partition coefficient (Wildman–Crippen LogP) is -1.85. The molecule has 0 saturated carbocycles. The number of carbonyl (C=O) groups is 4. The summed E-state index contributed by atoms with van der Waals surface area (Å²) < 4.78 is 0. The van der Waals surface area contributed by atoms with Gasteiger partial charge in [0.15, 0.2) is 10.8 Å². The van der Waals surface area contributed by atoms with E-state index in [1.54, 1.807) is 0 Å². The van der Waals surface area contributed by atoms with Gasteiger partial charge in [-0.3, -0.25) is 14.5 Å². The third-order valence-electron chi connectivity index (χ3n) is 5.00. The molecule has 3 atom stereocenters. The first-order valence-corrected chi connectivity index (χ1v) is 13.0. The summed E-state index contributed by atoms with van der Waals surface area (Å²) in [6.07, 6.45) is -1.36. The Morgan fingerprint density at radius 3 is 2.76 bits per heavy atom. The minimum absolute atomic E-state index is 0.0187. The normalized spacial score (nSPS) is 20.2. The number of carboxylic acid groups (broad SMARTS) is 2. The van der Waals surface area contributed by atoms with E-state index in [-0.39, 0.29) is 33.2 Å². The number of nitrogens with zero attached hydrogens (tertiary/aromatic N) is 7. The van der Waals surface area contributed by atoms with Crippen molar-refractivity contribution < 1.29 is 34.2 Å². The number of β-lactam (4-membered cyclic amide) rings is 1. The Hall–Kier alpha value is -3.91. The second-order valence-electron chi connectivity index (χ2n) is 7.41. The van der Waals surface area contributed by atoms with Crippen LogP contribution in [0, 0.1) is 0 Å². The number of aromatic nitrogens is 5. The minimum atomic E-state index is -1.36. The molecule has 1 saturated heterocycles. The Kier molecular flexibility index (Phi) is 7.50. The summed E-state index contributed by atoms with van der Waals surface area (Å²) in [6.45, 7) is 1.21. The molecule has 0 aromatic carbocycles. The molecule has 17 nitrogen and oxygen atoms in total. The third-order valence-corrected chi connectivity index (χ3v) is 8.04. The van der Waals surface area contributed by atoms with E-state index in [1.807, 2.05) is 0 Å². The van der Waals surface area contributed by atoms with E-state index in [0.29, 0.717) is 5.57 Å². The molecular weight excluding hydrogens is 552 g/mol. The fraction of sp³-hybridized carbons (Fsp3) is 0.353. The lowest BCUT2D eigenvalue weighted by atomic mass is 10.0. The summed E-state index contributed by atoms with van der Waals surface area (Å²) in [7, 11) is 0. The van der Waals surface area contributed by atoms with Gasteiger partial charge in [-0.25, -0.2) is 14.6 Å². The molecule has 2 aromatic heterocycles. The van der Waals surface area contributed by atoms with Crippen molar-refractivity contribution in [3.05, 3.63) is 22.3 Å². The molecular formula is C17H18N10O7S3. The standard InChI is InChI=1S/C17H18N10O7S3/c1-5(14(30)31)34-23-8(7-4-36-16(18)20-7)11(28)21-9-12(29)26-10(15(32)33)6(2-35-13(9)26)3-37-17-22-24-25-27(17)19/h4-5,9,13H,2-3,19H2,1H3,(H2,18,20)(H,21,28)(H,30,31)(H,32,33)/t5?,9-,13+/m1/s1. The number of carboxylic acids is 2. The first kappa shape index (κ1) is 26.2. The number of hydrogen-bond acceptors (Lipinski definition) is 15. The van der Waals surface area contributed by atoms with Crippen molar-refractivity contribution in [2.24, 2.45) is 5.16 Å². The van der Waals surface area contributed by atoms with Crippen LogP contribution in [-0.2, 0) is 24.0 Å². The van der Waals surface area contributed by atoms with Gasteiger partial charge >= 0.3 is 11.9 Å². The number of hydrogen-bond donors (Lipinski definition) is 5. The topological polar surface area (TPSA) is 254 Å². The molecule has 4 heterocycles. The number of thioether (sulfide) groups is 2. The monoisotopic (exact) mass is 570 g/mol. The molecule has 4 rings (SSSR count). The number of oxime groups is 1. The summed E-state index contributed by atoms with van der Waals surface area (Å²) in [4.78, 5) is 59.9. The van der Waals surface area contributed by atoms with Crippen LogP contribution >= 0.6 is 34.9 Å². The fourth-order valence-corrected chi connectivity index (χ4v) is 6.04. The number of amides is 2. The highest BCUT2D eigenvalue weighted by Gasteiger charge is 2.54. The number of thiazole rings is 1. The zero-order chi connectivity index (χ0) is 26.9. The van der Waals surface area contributed by atoms with Crippen LogP contribution in [0.4, 0.5) is 5.13 Å². The molecule has 0 bridgehead atoms. The molecule has 2 aromatic rings. The lowest BCUT2D eigenvalue weighted by Gasteiger charge is -2.49. The number of carbonyl (C=O) groups excluding carboxylic acids is 2. The molecule has 0 radical (unpaired) electrons. The first-order valence-electron chi connectivity index (χ1n) is 10.1. The summed E-state index contributed by atoms with van der Waals surface area (Å²) in [5.41, 5.74) is 5.52. The van der Waals surface area contributed by atoms with E-state index in [1.165, 1.54) is 24.1 Å². The molecule has 20 heteroatoms. The summed E-state index contributed by atoms with van der Waals surface area (Å²) >= 11 is 3.38. The molecule has 2 aliphatic rings. The van der Waals surface area contributed by atoms with Gasteiger partial charge in [-0.05, 0) is 22.9 Å². The Morgan fingerprint density at radius 1 is 1.41 bits per heavy atom. The molecule has 0 aliphatic carbocycles. The average Bonchev–Trinajstić information content (AvgIpc) is 3.47. The molecule has 0 spiro atoms. The number of aliphatic carboxylic acids is 2. The lowest BCUT2D eigenvalue weighted by Crippen LogP contribution is -2.71. The van der Waals surface area contributed by atoms with E-state index >= 15 is 0 Å². The maximum Gasteiger partial charge on any atom is 0.352 e. The van der Waals surface area contributed by atoms with Gasteiger partial charge in [0.05, 0.1) is 0 Å². The van der Waals surface area contributed by atoms with Crippen LogP contribution in [0.5, 0.6) is 0 Å². The average molecular weight is 571 g/mol. The number of nitrogen functional groups attached to an aromatic ring is 2. The van der Waals surface area contributed by atoms with E-state index in [9.17, 15) is 24.3 Å². The highest BCUT2D eigenvalue weighted by molar-refractivity contribution is 8.01. The lowest BCUT2D eigenvalue weighted by molar-refractivity contribution is -0.150. The maximum atomic E-state index is 13.0. The van der Waals surface area contributed by atoms with Crippen LogP contribution in [-0.4, -0.2) is 98.9 Å². The zero-order valence-electron chi connectivity index (χ0n) is 18.7. The second-order valence-corrected chi connectivity index (χ2v) is 10.3. The SMILES string of the molecule is CC(ON=C(C(=O)N[C@@H]1C(=O)N2C(C(=O)O)=C(CSc3nnnn3N)CS[C@@H]12)c1csc(N)n1)C(=O)O. The van der Waals surface area contributed by atoms with Gasteiger partial charge in [0.25, 0.3) is 11.8 Å². The van der Waals surface area contributed by atoms with Gasteiger partial charge in [0.2, 0.25) is 11.3 Å². The van der Waals surface area contributed by atoms with Crippen molar-refractivity contribution in [2.45, 2.75) is 29.6 Å². The van der Waals surface area contributed by atoms with Gasteiger partial charge in [-0.15, -0.1) is 27.9 Å². The molecule has 37 heavy (non-hydrogen) atoms. The van der Waals surface area contributed by atoms with Gasteiger partial charge < -0.3 is 31.9 Å². The summed E-state index contributed by atoms with van der Waals surface area (Å²) in [6, 6.07) is -1.07. The number of nitrogens with one attached hydrogen (secondary N) is 1. The third kappa shape index (κ3) is 5.29. The van der Waals surface area contributed by atoms with Crippen LogP contribution in [0.3, 0.4) is 0 Å². The predicted molar refractivity (Wildman–Crippen MR) is 130 cm³/mol. The number of rotatable bonds is 10. The Bertz CT molecular complexity index is 1320. The van der Waals surface area contributed by atoms with Crippen LogP contribution < -0.4 is 16.9 Å². The number of fused-ring (bicyclic) bond motifs is 1. The van der Waals surface area contributed by atoms with Crippen molar-refractivity contribution in [3.8, 4) is 0 Å². The summed E-state index contributed by atoms with van der Waals surface area (Å²) in [5.74, 6) is 1.86. The Labute approximate surface area is 219 Å². The molecule has 7 N–H and O–H groups in total. The van der Waals surface area contributed by atoms with E-state index in [0.717, 1.165) is 32.8 Å². The number of anilines is 1. The minimum Gasteiger partial charge on any atom is -0.478 e. The molecule has 2 amide bonds. The van der Waals surface area contributed by atoms with E-state index in [2.05, 4.69) is 31.0 Å². The van der Waals surface area contributed by atoms with Gasteiger partial charge in [-0.1, -0.05) is 22.0 Å². The molecule has 2 aliphatic heterocycles. The van der Waals surface area contributed by atoms with E-state index < -0.39 is 47.0 Å². The van der Waals surface area contributed by atoms with Gasteiger partial charge in [0, 0.05) is 16.9 Å². The first-order chi connectivity index (χ1) is 17.6. The van der Waals surface area contributed by atoms with Crippen molar-refractivity contribution >= 4 is 69.5 Å². The van der Waals surface area contributed by atoms with Crippen LogP contribution in [0.1, 0.15) is 12.6 Å². The van der Waals surface area contributed by atoms with Crippen molar-refractivity contribution in [1.82, 2.24) is 35.5 Å². The van der Waals surface area contributed by atoms with E-state index in [4.69, 9.17) is 21.5 Å². The Morgan fingerprint density at radius 2 is 2.16 bits per heavy atom. The maximum absolute atomic E-state index is 13.0. The largest absolute Gasteiger partial charge is 0.478 e. The fourth-order valence-electron chi connectivity index (χ4n) is 3.21. The van der Waals surface area contributed by atoms with Crippen LogP contribution in [0.25, 0.3) is 0 Å². The Balaban J connectivity index is 1.50. The van der Waals surface area contributed by atoms with Crippen molar-refractivity contribution in [1.29, 1.82) is 0 Å². The highest BCUT2D eigenvalue weighted by Crippen LogP contribution is 2.41. The quantitative estimate of drug-likeness (QED) is 0.0690.